The van der Waals surface area contributed by atoms with Gasteiger partial charge in [-0.15, -0.1) is 12.4 Å². The molecule has 0 bridgehead atoms. The molecule has 2 rings (SSSR count). The number of methoxy groups -OCH3 is 1. The molecular weight excluding hydrogens is 299 g/mol. The zero-order valence-corrected chi connectivity index (χ0v) is 13.0. The summed E-state index contributed by atoms with van der Waals surface area (Å²) in [6.07, 6.45) is 3.61. The molecule has 3 N–H and O–H groups in total. The molecule has 1 aromatic rings. The van der Waals surface area contributed by atoms with E-state index in [9.17, 15) is 4.79 Å². The van der Waals surface area contributed by atoms with E-state index in [1.807, 2.05) is 0 Å². The van der Waals surface area contributed by atoms with Gasteiger partial charge in [-0.2, -0.15) is 0 Å². The van der Waals surface area contributed by atoms with Crippen LogP contribution >= 0.6 is 24.0 Å². The fourth-order valence-corrected chi connectivity index (χ4v) is 2.71. The molecule has 1 aliphatic carbocycles. The van der Waals surface area contributed by atoms with Crippen molar-refractivity contribution in [2.45, 2.75) is 31.7 Å². The highest BCUT2D eigenvalue weighted by molar-refractivity contribution is 6.31. The Labute approximate surface area is 130 Å². The fourth-order valence-electron chi connectivity index (χ4n) is 2.54. The lowest BCUT2D eigenvalue weighted by Gasteiger charge is -2.16. The van der Waals surface area contributed by atoms with Gasteiger partial charge >= 0.3 is 0 Å². The summed E-state index contributed by atoms with van der Waals surface area (Å²) in [6, 6.07) is 5.29. The van der Waals surface area contributed by atoms with Crippen LogP contribution in [0.4, 0.5) is 5.69 Å². The quantitative estimate of drug-likeness (QED) is 0.895. The number of benzene rings is 1. The maximum Gasteiger partial charge on any atom is 0.224 e. The molecule has 4 nitrogen and oxygen atoms in total. The van der Waals surface area contributed by atoms with Gasteiger partial charge in [0.05, 0.1) is 12.8 Å². The highest BCUT2D eigenvalue weighted by Gasteiger charge is 2.26. The highest BCUT2D eigenvalue weighted by atomic mass is 35.5. The van der Waals surface area contributed by atoms with E-state index >= 15 is 0 Å². The molecule has 0 radical (unpaired) electrons. The topological polar surface area (TPSA) is 64.3 Å². The van der Waals surface area contributed by atoms with Crippen LogP contribution in [0.5, 0.6) is 5.75 Å². The molecule has 1 aliphatic rings. The number of nitrogens with one attached hydrogen (secondary N) is 1. The molecule has 1 aromatic carbocycles. The molecule has 0 saturated heterocycles. The number of nitrogens with two attached hydrogens (primary N) is 1. The first-order valence-electron chi connectivity index (χ1n) is 6.49. The standard InChI is InChI=1S/C14H19ClN2O2.ClH/c1-19-13-6-5-10(15)8-12(13)17-14(18)7-9-3-2-4-11(9)16;/h5-6,8-9,11H,2-4,7,16H2,1H3,(H,17,18);1H/t9-,11+;/m0./s1. The van der Waals surface area contributed by atoms with E-state index in [4.69, 9.17) is 22.1 Å². The molecule has 0 aliphatic heterocycles. The van der Waals surface area contributed by atoms with E-state index in [-0.39, 0.29) is 30.3 Å². The number of carbonyl (C=O) groups is 1. The Morgan fingerprint density at radius 3 is 2.85 bits per heavy atom. The minimum Gasteiger partial charge on any atom is -0.495 e. The molecule has 0 spiro atoms. The molecule has 0 aromatic heterocycles. The molecule has 1 fully saturated rings. The van der Waals surface area contributed by atoms with Crippen molar-refractivity contribution in [3.8, 4) is 5.75 Å². The average molecular weight is 319 g/mol. The monoisotopic (exact) mass is 318 g/mol. The summed E-state index contributed by atoms with van der Waals surface area (Å²) in [6.45, 7) is 0. The number of amides is 1. The van der Waals surface area contributed by atoms with Crippen LogP contribution < -0.4 is 15.8 Å². The maximum absolute atomic E-state index is 12.0. The van der Waals surface area contributed by atoms with Crippen molar-refractivity contribution >= 4 is 35.6 Å². The Balaban J connectivity index is 0.00000200. The lowest BCUT2D eigenvalue weighted by atomic mass is 10.00. The Hall–Kier alpha value is -0.970. The molecule has 6 heteroatoms. The van der Waals surface area contributed by atoms with Gasteiger partial charge in [-0.05, 0) is 37.0 Å². The zero-order chi connectivity index (χ0) is 13.8. The van der Waals surface area contributed by atoms with Crippen LogP contribution in [-0.4, -0.2) is 19.1 Å². The van der Waals surface area contributed by atoms with Crippen molar-refractivity contribution in [2.75, 3.05) is 12.4 Å². The summed E-state index contributed by atoms with van der Waals surface area (Å²) in [7, 11) is 1.56. The van der Waals surface area contributed by atoms with Gasteiger partial charge in [0, 0.05) is 17.5 Å². The van der Waals surface area contributed by atoms with Gasteiger partial charge in [0.1, 0.15) is 5.75 Å². The molecular formula is C14H20Cl2N2O2. The van der Waals surface area contributed by atoms with Gasteiger partial charge in [-0.3, -0.25) is 4.79 Å². The smallest absolute Gasteiger partial charge is 0.224 e. The summed E-state index contributed by atoms with van der Waals surface area (Å²) < 4.78 is 5.19. The first-order valence-corrected chi connectivity index (χ1v) is 6.87. The lowest BCUT2D eigenvalue weighted by molar-refractivity contribution is -0.117. The van der Waals surface area contributed by atoms with Crippen LogP contribution in [0.15, 0.2) is 18.2 Å². The number of ether oxygens (including phenoxy) is 1. The van der Waals surface area contributed by atoms with Crippen LogP contribution in [0, 0.1) is 5.92 Å². The van der Waals surface area contributed by atoms with Crippen molar-refractivity contribution in [1.82, 2.24) is 0 Å². The Morgan fingerprint density at radius 1 is 1.50 bits per heavy atom. The van der Waals surface area contributed by atoms with Crippen LogP contribution in [0.3, 0.4) is 0 Å². The number of rotatable bonds is 4. The third-order valence-electron chi connectivity index (χ3n) is 3.60. The third kappa shape index (κ3) is 4.27. The summed E-state index contributed by atoms with van der Waals surface area (Å²) >= 11 is 5.92. The van der Waals surface area contributed by atoms with E-state index in [1.54, 1.807) is 25.3 Å². The number of halogens is 2. The van der Waals surface area contributed by atoms with Gasteiger partial charge < -0.3 is 15.8 Å². The normalized spacial score (nSPS) is 21.1. The molecule has 112 valence electrons. The highest BCUT2D eigenvalue weighted by Crippen LogP contribution is 2.30. The van der Waals surface area contributed by atoms with Crippen molar-refractivity contribution in [1.29, 1.82) is 0 Å². The predicted molar refractivity (Wildman–Crippen MR) is 83.8 cm³/mol. The van der Waals surface area contributed by atoms with E-state index in [0.29, 0.717) is 22.9 Å². The molecule has 20 heavy (non-hydrogen) atoms. The molecule has 0 unspecified atom stereocenters. The van der Waals surface area contributed by atoms with E-state index < -0.39 is 0 Å². The average Bonchev–Trinajstić information content (AvgIpc) is 2.75. The number of anilines is 1. The second-order valence-corrected chi connectivity index (χ2v) is 5.39. The van der Waals surface area contributed by atoms with Crippen molar-refractivity contribution in [3.05, 3.63) is 23.2 Å². The minimum absolute atomic E-state index is 0. The first kappa shape index (κ1) is 17.1. The molecule has 0 heterocycles. The number of hydrogen-bond donors (Lipinski definition) is 2. The Bertz CT molecular complexity index is 468. The number of hydrogen-bond acceptors (Lipinski definition) is 3. The Kier molecular flexibility index (Phi) is 6.59. The fraction of sp³-hybridized carbons (Fsp3) is 0.500. The van der Waals surface area contributed by atoms with Crippen molar-refractivity contribution < 1.29 is 9.53 Å². The van der Waals surface area contributed by atoms with Crippen LogP contribution in [0.1, 0.15) is 25.7 Å². The SMILES string of the molecule is COc1ccc(Cl)cc1NC(=O)C[C@@H]1CCC[C@H]1N.Cl. The summed E-state index contributed by atoms with van der Waals surface area (Å²) in [5.41, 5.74) is 6.58. The lowest BCUT2D eigenvalue weighted by Crippen LogP contribution is -2.28. The predicted octanol–water partition coefficient (Wildman–Crippen LogP) is 3.23. The largest absolute Gasteiger partial charge is 0.495 e. The Morgan fingerprint density at radius 2 is 2.25 bits per heavy atom. The third-order valence-corrected chi connectivity index (χ3v) is 3.84. The zero-order valence-electron chi connectivity index (χ0n) is 11.4. The minimum atomic E-state index is -0.0390. The molecule has 1 saturated carbocycles. The van der Waals surface area contributed by atoms with Crippen LogP contribution in [-0.2, 0) is 4.79 Å². The van der Waals surface area contributed by atoms with Crippen molar-refractivity contribution in [2.24, 2.45) is 11.7 Å². The van der Waals surface area contributed by atoms with E-state index in [2.05, 4.69) is 5.32 Å². The number of carbonyl (C=O) groups excluding carboxylic acids is 1. The van der Waals surface area contributed by atoms with Crippen LogP contribution in [0.2, 0.25) is 5.02 Å². The van der Waals surface area contributed by atoms with Crippen LogP contribution in [0.25, 0.3) is 0 Å². The van der Waals surface area contributed by atoms with Gasteiger partial charge in [0.25, 0.3) is 0 Å². The first-order chi connectivity index (χ1) is 9.10. The maximum atomic E-state index is 12.0. The van der Waals surface area contributed by atoms with Gasteiger partial charge in [0.15, 0.2) is 0 Å². The van der Waals surface area contributed by atoms with Gasteiger partial charge in [0.2, 0.25) is 5.91 Å². The summed E-state index contributed by atoms with van der Waals surface area (Å²) in [4.78, 5) is 12.0. The molecule has 2 atom stereocenters. The summed E-state index contributed by atoms with van der Waals surface area (Å²) in [5, 5.41) is 3.41. The molecule has 1 amide bonds. The van der Waals surface area contributed by atoms with Crippen molar-refractivity contribution in [3.63, 3.8) is 0 Å². The summed E-state index contributed by atoms with van der Waals surface area (Å²) in [5.74, 6) is 0.849. The van der Waals surface area contributed by atoms with E-state index in [0.717, 1.165) is 19.3 Å². The van der Waals surface area contributed by atoms with E-state index in [1.165, 1.54) is 0 Å². The van der Waals surface area contributed by atoms with Gasteiger partial charge in [-0.1, -0.05) is 18.0 Å². The van der Waals surface area contributed by atoms with Gasteiger partial charge in [-0.25, -0.2) is 0 Å². The second kappa shape index (κ2) is 7.72. The second-order valence-electron chi connectivity index (χ2n) is 4.95.